The van der Waals surface area contributed by atoms with Gasteiger partial charge in [0.1, 0.15) is 4.32 Å². The zero-order valence-corrected chi connectivity index (χ0v) is 12.6. The minimum absolute atomic E-state index is 0.0777. The second-order valence-electron chi connectivity index (χ2n) is 3.62. The number of nitrogens with one attached hydrogen (secondary N) is 1. The van der Waals surface area contributed by atoms with Crippen molar-refractivity contribution < 1.29 is 9.59 Å². The summed E-state index contributed by atoms with van der Waals surface area (Å²) in [6.07, 6.45) is 0. The minimum atomic E-state index is -1.14. The molecule has 0 aliphatic carbocycles. The fourth-order valence-electron chi connectivity index (χ4n) is 1.52. The lowest BCUT2D eigenvalue weighted by Gasteiger charge is -2.16. The first-order valence-corrected chi connectivity index (χ1v) is 7.44. The van der Waals surface area contributed by atoms with Crippen LogP contribution in [0.25, 0.3) is 0 Å². The Labute approximate surface area is 129 Å². The summed E-state index contributed by atoms with van der Waals surface area (Å²) in [7, 11) is 0. The summed E-state index contributed by atoms with van der Waals surface area (Å²) in [6, 6.07) is 6.77. The van der Waals surface area contributed by atoms with E-state index < -0.39 is 10.7 Å². The fraction of sp³-hybridized carbons (Fsp3) is 0.182. The molecule has 2 amide bonds. The molecule has 0 saturated carbocycles. The normalized spacial score (nSPS) is 15.2. The topological polar surface area (TPSA) is 49.4 Å². The lowest BCUT2D eigenvalue weighted by atomic mass is 10.2. The Balaban J connectivity index is 2.22. The van der Waals surface area contributed by atoms with Gasteiger partial charge in [0.25, 0.3) is 5.91 Å². The van der Waals surface area contributed by atoms with Crippen LogP contribution in [0.1, 0.15) is 0 Å². The number of halogens is 2. The van der Waals surface area contributed by atoms with Crippen LogP contribution in [0.2, 0.25) is 0 Å². The van der Waals surface area contributed by atoms with Crippen LogP contribution in [0.4, 0.5) is 11.4 Å². The number of carbonyl (C=O) groups is 2. The molecule has 1 heterocycles. The number of nitrogens with zero attached hydrogens (tertiary/aromatic N) is 1. The van der Waals surface area contributed by atoms with E-state index in [2.05, 4.69) is 5.32 Å². The molecule has 19 heavy (non-hydrogen) atoms. The molecule has 1 aromatic carbocycles. The highest BCUT2D eigenvalue weighted by atomic mass is 35.5. The van der Waals surface area contributed by atoms with Crippen LogP contribution < -0.4 is 10.2 Å². The molecule has 0 atom stereocenters. The maximum absolute atomic E-state index is 11.7. The number of thiocarbonyl (C=S) groups is 1. The average molecular weight is 335 g/mol. The number of hydrogen-bond acceptors (Lipinski definition) is 4. The lowest BCUT2D eigenvalue weighted by Crippen LogP contribution is -2.28. The Kier molecular flexibility index (Phi) is 4.67. The van der Waals surface area contributed by atoms with E-state index in [1.807, 2.05) is 0 Å². The molecule has 0 radical (unpaired) electrons. The number of amides is 2. The predicted molar refractivity (Wildman–Crippen MR) is 83.1 cm³/mol. The van der Waals surface area contributed by atoms with Gasteiger partial charge in [0.05, 0.1) is 11.4 Å². The highest BCUT2D eigenvalue weighted by molar-refractivity contribution is 8.24. The SMILES string of the molecule is O=C(Nc1cccc(N2C(=O)CSC2=S)c1)C(Cl)Cl. The van der Waals surface area contributed by atoms with Crippen molar-refractivity contribution in [1.82, 2.24) is 0 Å². The Morgan fingerprint density at radius 1 is 1.47 bits per heavy atom. The van der Waals surface area contributed by atoms with Gasteiger partial charge in [-0.1, -0.05) is 53.2 Å². The summed E-state index contributed by atoms with van der Waals surface area (Å²) in [4.78, 5) is 23.4. The van der Waals surface area contributed by atoms with Crippen LogP contribution in [0.15, 0.2) is 24.3 Å². The average Bonchev–Trinajstić information content (AvgIpc) is 2.69. The van der Waals surface area contributed by atoms with E-state index in [4.69, 9.17) is 35.4 Å². The first kappa shape index (κ1) is 14.6. The predicted octanol–water partition coefficient (Wildman–Crippen LogP) is 2.79. The van der Waals surface area contributed by atoms with Crippen LogP contribution in [0, 0.1) is 0 Å². The number of rotatable bonds is 3. The van der Waals surface area contributed by atoms with Crippen LogP contribution >= 0.6 is 47.2 Å². The van der Waals surface area contributed by atoms with E-state index in [1.165, 1.54) is 16.7 Å². The molecule has 1 aliphatic rings. The smallest absolute Gasteiger partial charge is 0.257 e. The highest BCUT2D eigenvalue weighted by Gasteiger charge is 2.28. The molecule has 1 aromatic rings. The molecule has 0 unspecified atom stereocenters. The summed E-state index contributed by atoms with van der Waals surface area (Å²) in [5.74, 6) is -0.267. The van der Waals surface area contributed by atoms with Crippen molar-refractivity contribution in [2.75, 3.05) is 16.0 Å². The zero-order valence-electron chi connectivity index (χ0n) is 9.43. The van der Waals surface area contributed by atoms with Crippen molar-refractivity contribution in [1.29, 1.82) is 0 Å². The minimum Gasteiger partial charge on any atom is -0.324 e. The van der Waals surface area contributed by atoms with Crippen LogP contribution in [-0.2, 0) is 9.59 Å². The second kappa shape index (κ2) is 6.09. The van der Waals surface area contributed by atoms with E-state index >= 15 is 0 Å². The quantitative estimate of drug-likeness (QED) is 0.682. The number of anilines is 2. The second-order valence-corrected chi connectivity index (χ2v) is 6.33. The molecule has 0 spiro atoms. The molecule has 1 fully saturated rings. The van der Waals surface area contributed by atoms with Gasteiger partial charge in [0.15, 0.2) is 4.84 Å². The van der Waals surface area contributed by atoms with Crippen molar-refractivity contribution in [3.8, 4) is 0 Å². The summed E-state index contributed by atoms with van der Waals surface area (Å²) in [5.41, 5.74) is 1.11. The largest absolute Gasteiger partial charge is 0.324 e. The maximum Gasteiger partial charge on any atom is 0.257 e. The van der Waals surface area contributed by atoms with Crippen molar-refractivity contribution in [3.63, 3.8) is 0 Å². The lowest BCUT2D eigenvalue weighted by molar-refractivity contribution is -0.115. The Morgan fingerprint density at radius 2 is 2.21 bits per heavy atom. The molecular formula is C11H8Cl2N2O2S2. The van der Waals surface area contributed by atoms with Crippen LogP contribution in [-0.4, -0.2) is 26.7 Å². The van der Waals surface area contributed by atoms with Gasteiger partial charge >= 0.3 is 0 Å². The van der Waals surface area contributed by atoms with Gasteiger partial charge < -0.3 is 5.32 Å². The maximum atomic E-state index is 11.7. The van der Waals surface area contributed by atoms with Gasteiger partial charge in [-0.15, -0.1) is 0 Å². The van der Waals surface area contributed by atoms with E-state index in [1.54, 1.807) is 24.3 Å². The first-order valence-electron chi connectivity index (χ1n) is 5.18. The molecule has 0 aromatic heterocycles. The zero-order chi connectivity index (χ0) is 14.0. The molecule has 1 N–H and O–H groups in total. The van der Waals surface area contributed by atoms with E-state index in [9.17, 15) is 9.59 Å². The van der Waals surface area contributed by atoms with Crippen LogP contribution in [0.5, 0.6) is 0 Å². The molecule has 1 aliphatic heterocycles. The van der Waals surface area contributed by atoms with Gasteiger partial charge in [0, 0.05) is 5.69 Å². The van der Waals surface area contributed by atoms with Gasteiger partial charge in [-0.05, 0) is 18.2 Å². The van der Waals surface area contributed by atoms with Crippen molar-refractivity contribution in [2.45, 2.75) is 4.84 Å². The molecule has 8 heteroatoms. The molecular weight excluding hydrogens is 327 g/mol. The molecule has 4 nitrogen and oxygen atoms in total. The first-order chi connectivity index (χ1) is 8.99. The number of hydrogen-bond donors (Lipinski definition) is 1. The Morgan fingerprint density at radius 3 is 2.79 bits per heavy atom. The number of alkyl halides is 2. The number of carbonyl (C=O) groups excluding carboxylic acids is 2. The van der Waals surface area contributed by atoms with Gasteiger partial charge in [-0.3, -0.25) is 14.5 Å². The molecule has 100 valence electrons. The summed E-state index contributed by atoms with van der Waals surface area (Å²) < 4.78 is 0.501. The molecule has 2 rings (SSSR count). The van der Waals surface area contributed by atoms with Crippen LogP contribution in [0.3, 0.4) is 0 Å². The third-order valence-electron chi connectivity index (χ3n) is 2.32. The van der Waals surface area contributed by atoms with Gasteiger partial charge in [-0.25, -0.2) is 0 Å². The standard InChI is InChI=1S/C11H8Cl2N2O2S2/c12-9(13)10(17)14-6-2-1-3-7(4-6)15-8(16)5-19-11(15)18/h1-4,9H,5H2,(H,14,17). The monoisotopic (exact) mass is 334 g/mol. The van der Waals surface area contributed by atoms with Gasteiger partial charge in [-0.2, -0.15) is 0 Å². The van der Waals surface area contributed by atoms with E-state index in [0.717, 1.165) is 0 Å². The summed E-state index contributed by atoms with van der Waals surface area (Å²) >= 11 is 17.3. The molecule has 1 saturated heterocycles. The summed E-state index contributed by atoms with van der Waals surface area (Å²) in [6.45, 7) is 0. The highest BCUT2D eigenvalue weighted by Crippen LogP contribution is 2.28. The Bertz CT molecular complexity index is 535. The van der Waals surface area contributed by atoms with Crippen molar-refractivity contribution in [2.24, 2.45) is 0 Å². The molecule has 0 bridgehead atoms. The Hall–Kier alpha value is -0.820. The van der Waals surface area contributed by atoms with Crippen molar-refractivity contribution >= 4 is 74.7 Å². The fourth-order valence-corrected chi connectivity index (χ4v) is 2.73. The van der Waals surface area contributed by atoms with Gasteiger partial charge in [0.2, 0.25) is 5.91 Å². The summed E-state index contributed by atoms with van der Waals surface area (Å²) in [5, 5.41) is 2.54. The van der Waals surface area contributed by atoms with E-state index in [0.29, 0.717) is 21.4 Å². The number of thioether (sulfide) groups is 1. The number of benzene rings is 1. The third kappa shape index (κ3) is 3.39. The van der Waals surface area contributed by atoms with Crippen molar-refractivity contribution in [3.05, 3.63) is 24.3 Å². The third-order valence-corrected chi connectivity index (χ3v) is 4.07. The van der Waals surface area contributed by atoms with E-state index in [-0.39, 0.29) is 5.91 Å².